The molecule has 1 heterocycles. The van der Waals surface area contributed by atoms with E-state index in [4.69, 9.17) is 0 Å². The molecule has 0 aromatic heterocycles. The minimum Gasteiger partial charge on any atom is -0.481 e. The third kappa shape index (κ3) is 3.55. The molecule has 1 aliphatic heterocycles. The number of carboxylic acids is 1. The van der Waals surface area contributed by atoms with Gasteiger partial charge in [0, 0.05) is 32.6 Å². The minimum absolute atomic E-state index is 0.0290. The summed E-state index contributed by atoms with van der Waals surface area (Å²) in [7, 11) is -3.24. The fraction of sp³-hybridized carbons (Fsp3) is 0.846. The summed E-state index contributed by atoms with van der Waals surface area (Å²) >= 11 is 0. The molecule has 2 aliphatic rings. The Kier molecular flexibility index (Phi) is 4.57. The third-order valence-corrected chi connectivity index (χ3v) is 5.83. The number of hydrogen-bond acceptors (Lipinski definition) is 4. The van der Waals surface area contributed by atoms with Gasteiger partial charge in [-0.3, -0.25) is 9.59 Å². The average molecular weight is 318 g/mol. The highest BCUT2D eigenvalue weighted by Gasteiger charge is 2.46. The van der Waals surface area contributed by atoms with Crippen molar-refractivity contribution in [2.24, 2.45) is 5.41 Å². The van der Waals surface area contributed by atoms with E-state index >= 15 is 0 Å². The number of amides is 1. The van der Waals surface area contributed by atoms with Gasteiger partial charge in [-0.2, -0.15) is 0 Å². The predicted octanol–water partition coefficient (Wildman–Crippen LogP) is 0.125. The maximum absolute atomic E-state index is 12.3. The van der Waals surface area contributed by atoms with Crippen molar-refractivity contribution in [2.45, 2.75) is 32.1 Å². The van der Waals surface area contributed by atoms with Crippen molar-refractivity contribution >= 4 is 21.9 Å². The first kappa shape index (κ1) is 16.2. The van der Waals surface area contributed by atoms with Crippen LogP contribution in [-0.4, -0.2) is 67.0 Å². The standard InChI is InChI=1S/C13H22N2O5S/c1-21(19,20)15-7-3-6-14(8-9-15)11(16)10-13(12(17)18)4-2-5-13/h2-10H2,1H3,(H,17,18). The van der Waals surface area contributed by atoms with Crippen LogP contribution in [0.4, 0.5) is 0 Å². The van der Waals surface area contributed by atoms with Gasteiger partial charge in [0.05, 0.1) is 11.7 Å². The third-order valence-electron chi connectivity index (χ3n) is 4.53. The normalized spacial score (nSPS) is 23.2. The van der Waals surface area contributed by atoms with Gasteiger partial charge in [-0.05, 0) is 19.3 Å². The summed E-state index contributed by atoms with van der Waals surface area (Å²) < 4.78 is 24.4. The van der Waals surface area contributed by atoms with Gasteiger partial charge in [0.25, 0.3) is 0 Å². The van der Waals surface area contributed by atoms with Crippen molar-refractivity contribution < 1.29 is 23.1 Å². The van der Waals surface area contributed by atoms with Crippen LogP contribution >= 0.6 is 0 Å². The van der Waals surface area contributed by atoms with Crippen LogP contribution in [0, 0.1) is 5.41 Å². The van der Waals surface area contributed by atoms with E-state index in [0.717, 1.165) is 12.7 Å². The molecule has 120 valence electrons. The van der Waals surface area contributed by atoms with Gasteiger partial charge in [0.15, 0.2) is 0 Å². The molecule has 1 amide bonds. The van der Waals surface area contributed by atoms with Crippen molar-refractivity contribution in [2.75, 3.05) is 32.4 Å². The van der Waals surface area contributed by atoms with Crippen LogP contribution in [0.1, 0.15) is 32.1 Å². The lowest BCUT2D eigenvalue weighted by Gasteiger charge is -2.38. The smallest absolute Gasteiger partial charge is 0.310 e. The van der Waals surface area contributed by atoms with E-state index in [1.165, 1.54) is 4.31 Å². The lowest BCUT2D eigenvalue weighted by Crippen LogP contribution is -2.44. The highest BCUT2D eigenvalue weighted by Crippen LogP contribution is 2.44. The zero-order chi connectivity index (χ0) is 15.7. The first-order valence-corrected chi connectivity index (χ1v) is 9.06. The Balaban J connectivity index is 1.96. The molecular formula is C13H22N2O5S. The van der Waals surface area contributed by atoms with E-state index < -0.39 is 21.4 Å². The highest BCUT2D eigenvalue weighted by atomic mass is 32.2. The number of rotatable bonds is 4. The number of carbonyl (C=O) groups is 2. The van der Waals surface area contributed by atoms with E-state index in [-0.39, 0.29) is 18.9 Å². The van der Waals surface area contributed by atoms with E-state index in [1.807, 2.05) is 0 Å². The Morgan fingerprint density at radius 3 is 2.24 bits per heavy atom. The van der Waals surface area contributed by atoms with Gasteiger partial charge in [-0.25, -0.2) is 12.7 Å². The van der Waals surface area contributed by atoms with Crippen LogP contribution in [-0.2, 0) is 19.6 Å². The molecule has 0 unspecified atom stereocenters. The molecule has 1 aliphatic carbocycles. The van der Waals surface area contributed by atoms with Crippen LogP contribution in [0.3, 0.4) is 0 Å². The molecule has 0 radical (unpaired) electrons. The van der Waals surface area contributed by atoms with E-state index in [0.29, 0.717) is 38.9 Å². The molecular weight excluding hydrogens is 296 g/mol. The number of carbonyl (C=O) groups excluding carboxylic acids is 1. The Labute approximate surface area is 125 Å². The van der Waals surface area contributed by atoms with Crippen LogP contribution in [0.2, 0.25) is 0 Å². The second kappa shape index (κ2) is 5.92. The van der Waals surface area contributed by atoms with Crippen LogP contribution in [0.15, 0.2) is 0 Å². The second-order valence-corrected chi connectivity index (χ2v) is 7.99. The molecule has 21 heavy (non-hydrogen) atoms. The van der Waals surface area contributed by atoms with Gasteiger partial charge in [0.2, 0.25) is 15.9 Å². The molecule has 8 heteroatoms. The molecule has 0 aromatic carbocycles. The fourth-order valence-electron chi connectivity index (χ4n) is 2.95. The first-order chi connectivity index (χ1) is 9.74. The quantitative estimate of drug-likeness (QED) is 0.795. The number of hydrogen-bond donors (Lipinski definition) is 1. The van der Waals surface area contributed by atoms with Gasteiger partial charge < -0.3 is 10.0 Å². The van der Waals surface area contributed by atoms with Crippen molar-refractivity contribution in [3.63, 3.8) is 0 Å². The van der Waals surface area contributed by atoms with Crippen LogP contribution < -0.4 is 0 Å². The molecule has 1 saturated carbocycles. The molecule has 0 aromatic rings. The predicted molar refractivity (Wildman–Crippen MR) is 76.2 cm³/mol. The summed E-state index contributed by atoms with van der Waals surface area (Å²) in [5.41, 5.74) is -0.889. The first-order valence-electron chi connectivity index (χ1n) is 7.21. The average Bonchev–Trinajstić information content (AvgIpc) is 2.58. The molecule has 1 N–H and O–H groups in total. The van der Waals surface area contributed by atoms with Crippen molar-refractivity contribution in [3.8, 4) is 0 Å². The number of nitrogens with zero attached hydrogens (tertiary/aromatic N) is 2. The molecule has 1 saturated heterocycles. The number of aliphatic carboxylic acids is 1. The minimum atomic E-state index is -3.24. The van der Waals surface area contributed by atoms with Gasteiger partial charge in [-0.1, -0.05) is 6.42 Å². The summed E-state index contributed by atoms with van der Waals surface area (Å²) in [6.07, 6.45) is 3.73. The summed E-state index contributed by atoms with van der Waals surface area (Å²) in [6.45, 7) is 1.51. The van der Waals surface area contributed by atoms with Crippen LogP contribution in [0.5, 0.6) is 0 Å². The Morgan fingerprint density at radius 2 is 1.76 bits per heavy atom. The zero-order valence-electron chi connectivity index (χ0n) is 12.2. The molecule has 7 nitrogen and oxygen atoms in total. The van der Waals surface area contributed by atoms with E-state index in [9.17, 15) is 23.1 Å². The Hall–Kier alpha value is -1.15. The second-order valence-electron chi connectivity index (χ2n) is 6.01. The number of sulfonamides is 1. The largest absolute Gasteiger partial charge is 0.481 e. The van der Waals surface area contributed by atoms with Crippen molar-refractivity contribution in [1.29, 1.82) is 0 Å². The highest BCUT2D eigenvalue weighted by molar-refractivity contribution is 7.88. The SMILES string of the molecule is CS(=O)(=O)N1CCCN(C(=O)CC2(C(=O)O)CCC2)CC1. The number of carboxylic acid groups (broad SMARTS) is 1. The molecule has 2 fully saturated rings. The topological polar surface area (TPSA) is 95.0 Å². The lowest BCUT2D eigenvalue weighted by molar-refractivity contribution is -0.159. The maximum Gasteiger partial charge on any atom is 0.310 e. The zero-order valence-corrected chi connectivity index (χ0v) is 13.1. The van der Waals surface area contributed by atoms with Gasteiger partial charge >= 0.3 is 5.97 Å². The van der Waals surface area contributed by atoms with Gasteiger partial charge in [0.1, 0.15) is 0 Å². The summed E-state index contributed by atoms with van der Waals surface area (Å²) in [5.74, 6) is -1.07. The molecule has 0 spiro atoms. The Morgan fingerprint density at radius 1 is 1.10 bits per heavy atom. The summed E-state index contributed by atoms with van der Waals surface area (Å²) in [4.78, 5) is 25.2. The lowest BCUT2D eigenvalue weighted by atomic mass is 9.66. The van der Waals surface area contributed by atoms with Gasteiger partial charge in [-0.15, -0.1) is 0 Å². The Bertz CT molecular complexity index is 527. The molecule has 0 bridgehead atoms. The monoisotopic (exact) mass is 318 g/mol. The summed E-state index contributed by atoms with van der Waals surface area (Å²) in [5, 5.41) is 9.28. The van der Waals surface area contributed by atoms with Crippen molar-refractivity contribution in [3.05, 3.63) is 0 Å². The summed E-state index contributed by atoms with van der Waals surface area (Å²) in [6, 6.07) is 0. The van der Waals surface area contributed by atoms with Crippen LogP contribution in [0.25, 0.3) is 0 Å². The van der Waals surface area contributed by atoms with E-state index in [1.54, 1.807) is 4.90 Å². The van der Waals surface area contributed by atoms with Crippen molar-refractivity contribution in [1.82, 2.24) is 9.21 Å². The molecule has 0 atom stereocenters. The maximum atomic E-state index is 12.3. The molecule has 2 rings (SSSR count). The fourth-order valence-corrected chi connectivity index (χ4v) is 3.82. The van der Waals surface area contributed by atoms with E-state index in [2.05, 4.69) is 0 Å².